The summed E-state index contributed by atoms with van der Waals surface area (Å²) in [6.45, 7) is 3.39. The molecular weight excluding hydrogens is 425 g/mol. The van der Waals surface area contributed by atoms with Gasteiger partial charge < -0.3 is 5.11 Å². The molecule has 1 N–H and O–H groups in total. The molecule has 5 heteroatoms. The summed E-state index contributed by atoms with van der Waals surface area (Å²) in [5.41, 5.74) is 0.797. The third-order valence-electron chi connectivity index (χ3n) is 6.68. The highest BCUT2D eigenvalue weighted by molar-refractivity contribution is 6.30. The average molecular weight is 452 g/mol. The Morgan fingerprint density at radius 1 is 0.969 bits per heavy atom. The standard InChI is InChI=1S/C27H27ClFNO2/c1-19(27(32,22-5-3-2-4-6-22)23-9-13-25(29)14-10-23)30-17-15-21(16-18-30)26(31)20-7-11-24(28)12-8-20/h2-14,19,21,32H,15-18H2,1H3. The quantitative estimate of drug-likeness (QED) is 0.489. The molecule has 1 heterocycles. The minimum Gasteiger partial charge on any atom is -0.379 e. The number of hydrogen-bond donors (Lipinski definition) is 1. The predicted octanol–water partition coefficient (Wildman–Crippen LogP) is 5.70. The van der Waals surface area contributed by atoms with E-state index in [4.69, 9.17) is 11.6 Å². The Bertz CT molecular complexity index is 1050. The van der Waals surface area contributed by atoms with Crippen LogP contribution in [0.15, 0.2) is 78.9 Å². The molecular formula is C27H27ClFNO2. The summed E-state index contributed by atoms with van der Waals surface area (Å²) in [7, 11) is 0. The van der Waals surface area contributed by atoms with Gasteiger partial charge in [-0.05, 0) is 80.4 Å². The van der Waals surface area contributed by atoms with Gasteiger partial charge in [-0.1, -0.05) is 54.1 Å². The molecule has 0 amide bonds. The third-order valence-corrected chi connectivity index (χ3v) is 6.93. The van der Waals surface area contributed by atoms with Gasteiger partial charge in [0, 0.05) is 22.5 Å². The number of benzene rings is 3. The lowest BCUT2D eigenvalue weighted by atomic mass is 9.79. The van der Waals surface area contributed by atoms with Crippen LogP contribution >= 0.6 is 11.6 Å². The fourth-order valence-electron chi connectivity index (χ4n) is 4.71. The van der Waals surface area contributed by atoms with E-state index in [0.717, 1.165) is 18.4 Å². The van der Waals surface area contributed by atoms with Crippen molar-refractivity contribution in [3.05, 3.63) is 106 Å². The van der Waals surface area contributed by atoms with Crippen LogP contribution in [0, 0.1) is 11.7 Å². The number of carbonyl (C=O) groups is 1. The number of carbonyl (C=O) groups excluding carboxylic acids is 1. The van der Waals surface area contributed by atoms with Gasteiger partial charge in [-0.25, -0.2) is 4.39 Å². The number of piperidine rings is 1. The first-order valence-corrected chi connectivity index (χ1v) is 11.3. The van der Waals surface area contributed by atoms with Crippen molar-refractivity contribution in [2.75, 3.05) is 13.1 Å². The Kier molecular flexibility index (Phi) is 6.75. The van der Waals surface area contributed by atoms with Gasteiger partial charge in [-0.2, -0.15) is 0 Å². The average Bonchev–Trinajstić information content (AvgIpc) is 2.84. The minimum absolute atomic E-state index is 0.0461. The zero-order valence-corrected chi connectivity index (χ0v) is 18.8. The summed E-state index contributed by atoms with van der Waals surface area (Å²) in [4.78, 5) is 15.1. The van der Waals surface area contributed by atoms with Gasteiger partial charge in [0.25, 0.3) is 0 Å². The molecule has 0 aliphatic carbocycles. The SMILES string of the molecule is CC(N1CCC(C(=O)c2ccc(Cl)cc2)CC1)C(O)(c1ccccc1)c1ccc(F)cc1. The first-order chi connectivity index (χ1) is 15.4. The summed E-state index contributed by atoms with van der Waals surface area (Å²) in [5, 5.41) is 12.6. The van der Waals surface area contributed by atoms with Crippen LogP contribution in [-0.2, 0) is 5.60 Å². The van der Waals surface area contributed by atoms with Crippen molar-refractivity contribution in [2.45, 2.75) is 31.4 Å². The maximum Gasteiger partial charge on any atom is 0.166 e. The van der Waals surface area contributed by atoms with Crippen molar-refractivity contribution >= 4 is 17.4 Å². The summed E-state index contributed by atoms with van der Waals surface area (Å²) >= 11 is 5.95. The predicted molar refractivity (Wildman–Crippen MR) is 125 cm³/mol. The Balaban J connectivity index is 1.54. The number of halogens is 2. The molecule has 1 aliphatic heterocycles. The molecule has 2 unspecified atom stereocenters. The van der Waals surface area contributed by atoms with Crippen LogP contribution in [0.2, 0.25) is 5.02 Å². The zero-order valence-electron chi connectivity index (χ0n) is 18.0. The lowest BCUT2D eigenvalue weighted by Crippen LogP contribution is -2.52. The van der Waals surface area contributed by atoms with Gasteiger partial charge in [-0.15, -0.1) is 0 Å². The zero-order chi connectivity index (χ0) is 22.7. The monoisotopic (exact) mass is 451 g/mol. The number of likely N-dealkylation sites (tertiary alicyclic amines) is 1. The van der Waals surface area contributed by atoms with Gasteiger partial charge in [0.2, 0.25) is 0 Å². The largest absolute Gasteiger partial charge is 0.379 e. The van der Waals surface area contributed by atoms with Crippen molar-refractivity contribution in [3.63, 3.8) is 0 Å². The van der Waals surface area contributed by atoms with Crippen molar-refractivity contribution in [2.24, 2.45) is 5.92 Å². The number of aliphatic hydroxyl groups is 1. The molecule has 0 spiro atoms. The van der Waals surface area contributed by atoms with Crippen LogP contribution in [0.25, 0.3) is 0 Å². The Labute approximate surface area is 193 Å². The highest BCUT2D eigenvalue weighted by Gasteiger charge is 2.42. The summed E-state index contributed by atoms with van der Waals surface area (Å²) in [6.07, 6.45) is 1.44. The lowest BCUT2D eigenvalue weighted by molar-refractivity contribution is -0.0235. The maximum atomic E-state index is 13.6. The van der Waals surface area contributed by atoms with Crippen LogP contribution in [-0.4, -0.2) is 34.9 Å². The van der Waals surface area contributed by atoms with Gasteiger partial charge in [0.05, 0.1) is 0 Å². The van der Waals surface area contributed by atoms with E-state index >= 15 is 0 Å². The van der Waals surface area contributed by atoms with E-state index in [-0.39, 0.29) is 23.6 Å². The van der Waals surface area contributed by atoms with E-state index in [2.05, 4.69) is 4.90 Å². The second-order valence-corrected chi connectivity index (χ2v) is 8.93. The summed E-state index contributed by atoms with van der Waals surface area (Å²) in [6, 6.07) is 22.3. The van der Waals surface area contributed by atoms with Crippen LogP contribution in [0.3, 0.4) is 0 Å². The van der Waals surface area contributed by atoms with E-state index in [1.54, 1.807) is 36.4 Å². The number of hydrogen-bond acceptors (Lipinski definition) is 3. The smallest absolute Gasteiger partial charge is 0.166 e. The van der Waals surface area contributed by atoms with E-state index in [9.17, 15) is 14.3 Å². The van der Waals surface area contributed by atoms with Gasteiger partial charge >= 0.3 is 0 Å². The molecule has 0 radical (unpaired) electrons. The van der Waals surface area contributed by atoms with Crippen molar-refractivity contribution < 1.29 is 14.3 Å². The number of rotatable bonds is 6. The van der Waals surface area contributed by atoms with E-state index in [0.29, 0.717) is 29.2 Å². The second kappa shape index (κ2) is 9.53. The Morgan fingerprint density at radius 2 is 1.53 bits per heavy atom. The molecule has 3 aromatic carbocycles. The number of Topliss-reactive ketones (excluding diaryl/α,β-unsaturated/α-hetero) is 1. The fourth-order valence-corrected chi connectivity index (χ4v) is 4.83. The Hall–Kier alpha value is -2.53. The molecule has 3 aromatic rings. The van der Waals surface area contributed by atoms with Crippen molar-refractivity contribution in [1.29, 1.82) is 0 Å². The maximum absolute atomic E-state index is 13.6. The second-order valence-electron chi connectivity index (χ2n) is 8.50. The van der Waals surface area contributed by atoms with Gasteiger partial charge in [-0.3, -0.25) is 9.69 Å². The summed E-state index contributed by atoms with van der Waals surface area (Å²) < 4.78 is 13.6. The molecule has 0 saturated carbocycles. The molecule has 1 saturated heterocycles. The minimum atomic E-state index is -1.30. The topological polar surface area (TPSA) is 40.5 Å². The van der Waals surface area contributed by atoms with Crippen molar-refractivity contribution in [3.8, 4) is 0 Å². The Morgan fingerprint density at radius 3 is 2.12 bits per heavy atom. The van der Waals surface area contributed by atoms with Crippen LogP contribution in [0.1, 0.15) is 41.3 Å². The van der Waals surface area contributed by atoms with Gasteiger partial charge in [0.15, 0.2) is 5.78 Å². The van der Waals surface area contributed by atoms with Crippen LogP contribution in [0.5, 0.6) is 0 Å². The molecule has 0 aromatic heterocycles. The molecule has 32 heavy (non-hydrogen) atoms. The van der Waals surface area contributed by atoms with Gasteiger partial charge in [0.1, 0.15) is 11.4 Å². The van der Waals surface area contributed by atoms with Crippen LogP contribution < -0.4 is 0 Å². The molecule has 0 bridgehead atoms. The number of nitrogens with zero attached hydrogens (tertiary/aromatic N) is 1. The van der Waals surface area contributed by atoms with E-state index in [1.165, 1.54) is 12.1 Å². The molecule has 1 aliphatic rings. The number of ketones is 1. The van der Waals surface area contributed by atoms with Crippen molar-refractivity contribution in [1.82, 2.24) is 4.90 Å². The molecule has 2 atom stereocenters. The highest BCUT2D eigenvalue weighted by Crippen LogP contribution is 2.37. The summed E-state index contributed by atoms with van der Waals surface area (Å²) in [5.74, 6) is -0.237. The molecule has 4 rings (SSSR count). The third kappa shape index (κ3) is 4.49. The van der Waals surface area contributed by atoms with E-state index < -0.39 is 5.60 Å². The van der Waals surface area contributed by atoms with E-state index in [1.807, 2.05) is 37.3 Å². The first kappa shape index (κ1) is 22.7. The highest BCUT2D eigenvalue weighted by atomic mass is 35.5. The first-order valence-electron chi connectivity index (χ1n) is 11.0. The molecule has 1 fully saturated rings. The fraction of sp³-hybridized carbons (Fsp3) is 0.296. The lowest BCUT2D eigenvalue weighted by Gasteiger charge is -2.44. The molecule has 3 nitrogen and oxygen atoms in total. The molecule has 166 valence electrons. The normalized spacial score (nSPS) is 18.1. The van der Waals surface area contributed by atoms with Crippen LogP contribution in [0.4, 0.5) is 4.39 Å².